The maximum absolute atomic E-state index is 12.6. The lowest BCUT2D eigenvalue weighted by Crippen LogP contribution is -2.26. The van der Waals surface area contributed by atoms with E-state index < -0.39 is 9.84 Å². The Morgan fingerprint density at radius 3 is 2.52 bits per heavy atom. The SMILES string of the molecule is Cc1ccc(S(=O)(=O)CCSc2sc(C#N)c3c2C(=O)CC(C)(C)C3)cc1. The molecule has 1 heterocycles. The van der Waals surface area contributed by atoms with Crippen LogP contribution in [0.2, 0.25) is 0 Å². The number of aryl methyl sites for hydroxylation is 1. The molecule has 1 aromatic carbocycles. The average molecular weight is 420 g/mol. The summed E-state index contributed by atoms with van der Waals surface area (Å²) in [5.74, 6) is 0.405. The molecule has 0 amide bonds. The van der Waals surface area contributed by atoms with Gasteiger partial charge in [-0.15, -0.1) is 23.1 Å². The van der Waals surface area contributed by atoms with Crippen molar-refractivity contribution in [3.8, 4) is 6.07 Å². The first kappa shape index (κ1) is 20.1. The highest BCUT2D eigenvalue weighted by atomic mass is 32.2. The number of nitriles is 1. The van der Waals surface area contributed by atoms with E-state index in [-0.39, 0.29) is 17.0 Å². The van der Waals surface area contributed by atoms with E-state index in [4.69, 9.17) is 0 Å². The van der Waals surface area contributed by atoms with E-state index in [0.29, 0.717) is 33.9 Å². The van der Waals surface area contributed by atoms with E-state index in [1.165, 1.54) is 23.1 Å². The smallest absolute Gasteiger partial charge is 0.179 e. The van der Waals surface area contributed by atoms with Crippen molar-refractivity contribution in [1.82, 2.24) is 0 Å². The van der Waals surface area contributed by atoms with Crippen LogP contribution in [0.15, 0.2) is 33.4 Å². The van der Waals surface area contributed by atoms with Crippen molar-refractivity contribution in [3.05, 3.63) is 45.8 Å². The number of nitrogens with zero attached hydrogens (tertiary/aromatic N) is 1. The molecule has 0 saturated heterocycles. The van der Waals surface area contributed by atoms with Crippen LogP contribution in [-0.4, -0.2) is 25.7 Å². The summed E-state index contributed by atoms with van der Waals surface area (Å²) in [6, 6.07) is 9.03. The van der Waals surface area contributed by atoms with Crippen LogP contribution in [0.5, 0.6) is 0 Å². The van der Waals surface area contributed by atoms with E-state index in [9.17, 15) is 18.5 Å². The number of ketones is 1. The zero-order valence-electron chi connectivity index (χ0n) is 15.5. The molecule has 3 rings (SSSR count). The molecule has 7 heteroatoms. The first-order valence-electron chi connectivity index (χ1n) is 8.64. The third-order valence-electron chi connectivity index (χ3n) is 4.61. The van der Waals surface area contributed by atoms with Gasteiger partial charge in [-0.05, 0) is 36.5 Å². The van der Waals surface area contributed by atoms with Gasteiger partial charge in [-0.2, -0.15) is 5.26 Å². The van der Waals surface area contributed by atoms with Crippen molar-refractivity contribution in [3.63, 3.8) is 0 Å². The number of Topliss-reactive ketones (excluding diaryl/α,β-unsaturated/α-hetero) is 1. The summed E-state index contributed by atoms with van der Waals surface area (Å²) in [7, 11) is -3.37. The molecule has 0 spiro atoms. The molecule has 1 aromatic heterocycles. The molecule has 2 aromatic rings. The fourth-order valence-corrected chi connectivity index (χ4v) is 7.42. The van der Waals surface area contributed by atoms with E-state index >= 15 is 0 Å². The highest BCUT2D eigenvalue weighted by molar-refractivity contribution is 8.02. The highest BCUT2D eigenvalue weighted by Crippen LogP contribution is 2.44. The van der Waals surface area contributed by atoms with Crippen molar-refractivity contribution < 1.29 is 13.2 Å². The number of hydrogen-bond donors (Lipinski definition) is 0. The van der Waals surface area contributed by atoms with Crippen molar-refractivity contribution >= 4 is 38.7 Å². The Morgan fingerprint density at radius 2 is 1.89 bits per heavy atom. The molecule has 0 aliphatic heterocycles. The second kappa shape index (κ2) is 7.42. The van der Waals surface area contributed by atoms with Crippen molar-refractivity contribution in [2.45, 2.75) is 42.7 Å². The van der Waals surface area contributed by atoms with E-state index in [1.54, 1.807) is 24.3 Å². The predicted octanol–water partition coefficient (Wildman–Crippen LogP) is 4.65. The number of carbonyl (C=O) groups excluding carboxylic acids is 1. The lowest BCUT2D eigenvalue weighted by Gasteiger charge is -2.29. The van der Waals surface area contributed by atoms with Crippen molar-refractivity contribution in [1.29, 1.82) is 5.26 Å². The van der Waals surface area contributed by atoms with Crippen LogP contribution in [0.3, 0.4) is 0 Å². The zero-order valence-corrected chi connectivity index (χ0v) is 18.0. The molecule has 0 radical (unpaired) electrons. The van der Waals surface area contributed by atoms with Gasteiger partial charge in [-0.3, -0.25) is 4.79 Å². The molecule has 0 saturated carbocycles. The first-order valence-corrected chi connectivity index (χ1v) is 12.1. The highest BCUT2D eigenvalue weighted by Gasteiger charge is 2.36. The first-order chi connectivity index (χ1) is 12.6. The van der Waals surface area contributed by atoms with Crippen molar-refractivity contribution in [2.24, 2.45) is 5.41 Å². The molecule has 142 valence electrons. The number of sulfone groups is 1. The molecular formula is C20H21NO3S3. The summed E-state index contributed by atoms with van der Waals surface area (Å²) in [5, 5.41) is 9.43. The topological polar surface area (TPSA) is 75.0 Å². The molecule has 1 aliphatic rings. The van der Waals surface area contributed by atoms with E-state index in [0.717, 1.165) is 15.3 Å². The molecule has 0 atom stereocenters. The third-order valence-corrected chi connectivity index (χ3v) is 9.01. The van der Waals surface area contributed by atoms with Crippen molar-refractivity contribution in [2.75, 3.05) is 11.5 Å². The molecule has 0 fully saturated rings. The fourth-order valence-electron chi connectivity index (χ4n) is 3.26. The summed E-state index contributed by atoms with van der Waals surface area (Å²) in [4.78, 5) is 13.5. The number of rotatable bonds is 5. The van der Waals surface area contributed by atoms with Gasteiger partial charge in [0.2, 0.25) is 0 Å². The average Bonchev–Trinajstić information content (AvgIpc) is 2.91. The van der Waals surface area contributed by atoms with Gasteiger partial charge >= 0.3 is 0 Å². The van der Waals surface area contributed by atoms with Crippen LogP contribution in [-0.2, 0) is 16.3 Å². The molecule has 27 heavy (non-hydrogen) atoms. The van der Waals surface area contributed by atoms with Gasteiger partial charge in [0.15, 0.2) is 15.6 Å². The standard InChI is InChI=1S/C20H21NO3S3/c1-13-4-6-14(7-5-13)27(23,24)9-8-25-19-18-15(17(12-21)26-19)10-20(2,3)11-16(18)22/h4-7H,8-11H2,1-3H3. The van der Waals surface area contributed by atoms with Crippen LogP contribution in [0.4, 0.5) is 0 Å². The van der Waals surface area contributed by atoms with Gasteiger partial charge in [0.1, 0.15) is 10.9 Å². The van der Waals surface area contributed by atoms with Gasteiger partial charge in [0, 0.05) is 17.7 Å². The van der Waals surface area contributed by atoms with E-state index in [2.05, 4.69) is 6.07 Å². The number of fused-ring (bicyclic) bond motifs is 1. The summed E-state index contributed by atoms with van der Waals surface area (Å²) in [5.41, 5.74) is 2.35. The number of thiophene rings is 1. The third kappa shape index (κ3) is 4.29. The quantitative estimate of drug-likeness (QED) is 0.660. The molecule has 0 N–H and O–H groups in total. The van der Waals surface area contributed by atoms with Gasteiger partial charge in [-0.25, -0.2) is 8.42 Å². The minimum atomic E-state index is -3.37. The van der Waals surface area contributed by atoms with Gasteiger partial charge in [0.25, 0.3) is 0 Å². The lowest BCUT2D eigenvalue weighted by molar-refractivity contribution is 0.0910. The maximum Gasteiger partial charge on any atom is 0.179 e. The Bertz CT molecular complexity index is 1030. The Labute approximate surface area is 168 Å². The predicted molar refractivity (Wildman–Crippen MR) is 109 cm³/mol. The normalized spacial score (nSPS) is 16.0. The molecule has 0 bridgehead atoms. The molecular weight excluding hydrogens is 398 g/mol. The van der Waals surface area contributed by atoms with E-state index in [1.807, 2.05) is 20.8 Å². The summed E-state index contributed by atoms with van der Waals surface area (Å²) in [6.07, 6.45) is 1.16. The molecule has 1 aliphatic carbocycles. The minimum absolute atomic E-state index is 0.00499. The van der Waals surface area contributed by atoms with Crippen LogP contribution in [0, 0.1) is 23.7 Å². The zero-order chi connectivity index (χ0) is 19.8. The van der Waals surface area contributed by atoms with Crippen LogP contribution in [0.25, 0.3) is 0 Å². The Hall–Kier alpha value is -1.62. The van der Waals surface area contributed by atoms with Crippen LogP contribution >= 0.6 is 23.1 Å². The Morgan fingerprint density at radius 1 is 1.22 bits per heavy atom. The van der Waals surface area contributed by atoms with Gasteiger partial charge < -0.3 is 0 Å². The monoisotopic (exact) mass is 419 g/mol. The number of hydrogen-bond acceptors (Lipinski definition) is 6. The van der Waals surface area contributed by atoms with Crippen LogP contribution < -0.4 is 0 Å². The number of thioether (sulfide) groups is 1. The summed E-state index contributed by atoms with van der Waals surface area (Å²) < 4.78 is 25.8. The van der Waals surface area contributed by atoms with Crippen LogP contribution in [0.1, 0.15) is 46.6 Å². The van der Waals surface area contributed by atoms with Gasteiger partial charge in [-0.1, -0.05) is 31.5 Å². The minimum Gasteiger partial charge on any atom is -0.294 e. The second-order valence-corrected chi connectivity index (χ2v) is 12.1. The second-order valence-electron chi connectivity index (χ2n) is 7.61. The largest absolute Gasteiger partial charge is 0.294 e. The van der Waals surface area contributed by atoms with Gasteiger partial charge in [0.05, 0.1) is 14.9 Å². The lowest BCUT2D eigenvalue weighted by atomic mass is 9.74. The number of benzene rings is 1. The number of carbonyl (C=O) groups is 1. The fraction of sp³-hybridized carbons (Fsp3) is 0.400. The molecule has 0 unspecified atom stereocenters. The summed E-state index contributed by atoms with van der Waals surface area (Å²) >= 11 is 2.68. The Kier molecular flexibility index (Phi) is 5.53. The Balaban J connectivity index is 1.78. The maximum atomic E-state index is 12.6. The summed E-state index contributed by atoms with van der Waals surface area (Å²) in [6.45, 7) is 5.98. The molecule has 4 nitrogen and oxygen atoms in total.